The van der Waals surface area contributed by atoms with Crippen molar-refractivity contribution in [2.75, 3.05) is 13.7 Å². The van der Waals surface area contributed by atoms with Gasteiger partial charge >= 0.3 is 28.9 Å². The van der Waals surface area contributed by atoms with E-state index in [1.54, 1.807) is 25.1 Å². The predicted molar refractivity (Wildman–Crippen MR) is 174 cm³/mol. The first-order valence-electron chi connectivity index (χ1n) is 14.3. The zero-order valence-electron chi connectivity index (χ0n) is 26.7. The van der Waals surface area contributed by atoms with Gasteiger partial charge in [0.25, 0.3) is 0 Å². The molecule has 0 bridgehead atoms. The zero-order chi connectivity index (χ0) is 32.7. The van der Waals surface area contributed by atoms with Gasteiger partial charge in [-0.2, -0.15) is 0 Å². The van der Waals surface area contributed by atoms with E-state index in [-0.39, 0.29) is 33.8 Å². The predicted octanol–water partition coefficient (Wildman–Crippen LogP) is 5.79. The molecule has 1 heterocycles. The van der Waals surface area contributed by atoms with Crippen LogP contribution in [0, 0.1) is 69.6 Å². The van der Waals surface area contributed by atoms with Crippen LogP contribution in [0.15, 0.2) is 30.9 Å². The molecule has 3 fully saturated rings. The number of carbonyl (C=O) groups excluding carboxylic acids is 4. The summed E-state index contributed by atoms with van der Waals surface area (Å²) in [7, 11) is -0.752. The van der Waals surface area contributed by atoms with Gasteiger partial charge in [-0.1, -0.05) is 51.3 Å². The third-order valence-electron chi connectivity index (χ3n) is 7.80. The first kappa shape index (κ1) is 39.3. The molecule has 1 aromatic carbocycles. The number of carbonyl (C=O) groups is 4. The summed E-state index contributed by atoms with van der Waals surface area (Å²) in [6, 6.07) is 5.10. The number of likely N-dealkylation sites (tertiary alicyclic amines) is 1. The van der Waals surface area contributed by atoms with E-state index in [9.17, 15) is 19.2 Å². The second-order valence-electron chi connectivity index (χ2n) is 11.9. The fourth-order valence-corrected chi connectivity index (χ4v) is 7.08. The van der Waals surface area contributed by atoms with Crippen molar-refractivity contribution in [3.8, 4) is 5.75 Å². The van der Waals surface area contributed by atoms with Crippen molar-refractivity contribution in [2.45, 2.75) is 57.3 Å². The van der Waals surface area contributed by atoms with Crippen LogP contribution < -0.4 is 4.74 Å². The Hall–Kier alpha value is -1.91. The van der Waals surface area contributed by atoms with Gasteiger partial charge in [-0.15, -0.1) is 0 Å². The Bertz CT molecular complexity index is 1200. The maximum Gasteiger partial charge on any atom is 2.00 e. The van der Waals surface area contributed by atoms with E-state index in [4.69, 9.17) is 13.9 Å². The molecule has 0 unspecified atom stereocenters. The molecule has 240 valence electrons. The number of thioether (sulfide) groups is 1. The SMILES string of the molecule is C=CCOC(=O)C(=O)N1C(=O)[C@H]([C@@H](C)O[Si](C)(C)C(C)(C)C)[C@H]1SC(=O)c1ccc([C]2[CH][CH][CH][CH]2)c(OC)c1.[CH]1[CH][CH][CH][CH]1.[Fe+2]. The van der Waals surface area contributed by atoms with Gasteiger partial charge in [-0.25, -0.2) is 4.79 Å². The van der Waals surface area contributed by atoms with Crippen LogP contribution in [-0.4, -0.2) is 61.3 Å². The largest absolute Gasteiger partial charge is 2.00 e. The van der Waals surface area contributed by atoms with Gasteiger partial charge in [0.1, 0.15) is 17.7 Å². The number of amides is 2. The molecular formula is C34H41FeNO7SSi+2. The number of methoxy groups -OCH3 is 1. The first-order valence-corrected chi connectivity index (χ1v) is 18.1. The van der Waals surface area contributed by atoms with E-state index in [1.165, 1.54) is 13.2 Å². The summed E-state index contributed by atoms with van der Waals surface area (Å²) in [6.45, 7) is 15.4. The Morgan fingerprint density at radius 1 is 1.04 bits per heavy atom. The maximum absolute atomic E-state index is 13.4. The number of esters is 1. The molecule has 1 aliphatic heterocycles. The molecule has 3 atom stereocenters. The Labute approximate surface area is 285 Å². The second kappa shape index (κ2) is 17.3. The molecular weight excluding hydrogens is 650 g/mol. The maximum atomic E-state index is 13.4. The molecule has 2 aliphatic carbocycles. The summed E-state index contributed by atoms with van der Waals surface area (Å²) in [5.41, 5.74) is 1.17. The van der Waals surface area contributed by atoms with E-state index >= 15 is 0 Å². The number of β-lactam (4-membered cyclic amide) rings is 1. The van der Waals surface area contributed by atoms with Gasteiger partial charge in [-0.05, 0) is 95.0 Å². The van der Waals surface area contributed by atoms with E-state index in [0.29, 0.717) is 11.3 Å². The molecule has 0 aromatic heterocycles. The summed E-state index contributed by atoms with van der Waals surface area (Å²) >= 11 is 0.811. The molecule has 3 aliphatic rings. The minimum absolute atomic E-state index is 0. The van der Waals surface area contributed by atoms with Gasteiger partial charge in [0.05, 0.1) is 19.1 Å². The van der Waals surface area contributed by atoms with E-state index in [1.807, 2.05) is 57.8 Å². The smallest absolute Gasteiger partial charge is 0.496 e. The first-order chi connectivity index (χ1) is 20.7. The number of hydrogen-bond donors (Lipinski definition) is 0. The van der Waals surface area contributed by atoms with Gasteiger partial charge in [0.15, 0.2) is 8.32 Å². The number of hydrogen-bond acceptors (Lipinski definition) is 8. The van der Waals surface area contributed by atoms with Gasteiger partial charge in [0.2, 0.25) is 11.0 Å². The van der Waals surface area contributed by atoms with E-state index in [0.717, 1.165) is 28.1 Å². The van der Waals surface area contributed by atoms with Crippen molar-refractivity contribution < 1.29 is 50.1 Å². The van der Waals surface area contributed by atoms with Crippen LogP contribution in [0.2, 0.25) is 18.1 Å². The van der Waals surface area contributed by atoms with Crippen molar-refractivity contribution in [3.05, 3.63) is 106 Å². The van der Waals surface area contributed by atoms with E-state index in [2.05, 4.69) is 40.4 Å². The Balaban J connectivity index is 0.00000107. The molecule has 8 nitrogen and oxygen atoms in total. The molecule has 10 radical (unpaired) electrons. The van der Waals surface area contributed by atoms with Crippen molar-refractivity contribution in [1.82, 2.24) is 4.90 Å². The number of imide groups is 1. The number of rotatable bonds is 9. The van der Waals surface area contributed by atoms with Gasteiger partial charge < -0.3 is 13.9 Å². The Kier molecular flexibility index (Phi) is 15.1. The fourth-order valence-electron chi connectivity index (χ4n) is 4.38. The van der Waals surface area contributed by atoms with Crippen molar-refractivity contribution in [3.63, 3.8) is 0 Å². The Morgan fingerprint density at radius 2 is 1.62 bits per heavy atom. The molecule has 1 aromatic rings. The molecule has 2 amide bonds. The monoisotopic (exact) mass is 691 g/mol. The van der Waals surface area contributed by atoms with Crippen LogP contribution in [0.5, 0.6) is 5.75 Å². The minimum Gasteiger partial charge on any atom is -0.496 e. The van der Waals surface area contributed by atoms with E-state index < -0.39 is 43.5 Å². The van der Waals surface area contributed by atoms with Gasteiger partial charge in [-0.3, -0.25) is 19.3 Å². The third kappa shape index (κ3) is 9.80. The zero-order valence-corrected chi connectivity index (χ0v) is 29.6. The normalized spacial score (nSPS) is 20.7. The number of ether oxygens (including phenoxy) is 2. The fraction of sp³-hybridized carbons (Fsp3) is 0.353. The third-order valence-corrected chi connectivity index (χ3v) is 13.6. The molecule has 0 N–H and O–H groups in total. The average molecular weight is 692 g/mol. The summed E-state index contributed by atoms with van der Waals surface area (Å²) in [5.74, 6) is -2.20. The summed E-state index contributed by atoms with van der Waals surface area (Å²) < 4.78 is 16.8. The number of benzene rings is 1. The van der Waals surface area contributed by atoms with Crippen LogP contribution in [0.4, 0.5) is 0 Å². The molecule has 4 rings (SSSR count). The van der Waals surface area contributed by atoms with Crippen LogP contribution in [-0.2, 0) is 40.6 Å². The van der Waals surface area contributed by atoms with Crippen molar-refractivity contribution >= 4 is 43.0 Å². The molecule has 0 spiro atoms. The van der Waals surface area contributed by atoms with Crippen molar-refractivity contribution in [2.24, 2.45) is 5.92 Å². The topological polar surface area (TPSA) is 99.2 Å². The standard InChI is InChI=1S/C29H36NO7SSi.C5H5.Fe/c1-9-16-36-27(33)25(32)30-24(31)23(18(2)37-39(7,8)29(3,4)5)26(30)38-28(34)20-14-15-21(22(17-20)35-6)19-12-10-11-13-19;1-2-4-5-3-1;/h9-15,17-18,23,26H,1,16H2,2-8H3;1-5H;/q;;+2/t18-,23+,26-;;/m1../s1. The summed E-state index contributed by atoms with van der Waals surface area (Å²) in [6.07, 6.45) is 18.5. The minimum atomic E-state index is -2.28. The quantitative estimate of drug-likeness (QED) is 0.106. The van der Waals surface area contributed by atoms with Crippen LogP contribution in [0.1, 0.15) is 43.6 Å². The number of nitrogens with zero attached hydrogens (tertiary/aromatic N) is 1. The van der Waals surface area contributed by atoms with Crippen LogP contribution in [0.25, 0.3) is 0 Å². The van der Waals surface area contributed by atoms with Gasteiger partial charge in [0, 0.05) is 17.0 Å². The molecule has 2 saturated carbocycles. The van der Waals surface area contributed by atoms with Crippen LogP contribution in [0.3, 0.4) is 0 Å². The summed E-state index contributed by atoms with van der Waals surface area (Å²) in [5, 5.41) is -1.42. The van der Waals surface area contributed by atoms with Crippen LogP contribution >= 0.6 is 11.8 Å². The molecule has 45 heavy (non-hydrogen) atoms. The molecule has 11 heteroatoms. The average Bonchev–Trinajstić information content (AvgIpc) is 3.72. The second-order valence-corrected chi connectivity index (χ2v) is 17.7. The summed E-state index contributed by atoms with van der Waals surface area (Å²) in [4.78, 5) is 52.7. The molecule has 1 saturated heterocycles. The Morgan fingerprint density at radius 3 is 2.13 bits per heavy atom. The van der Waals surface area contributed by atoms with Crippen molar-refractivity contribution in [1.29, 1.82) is 0 Å².